The summed E-state index contributed by atoms with van der Waals surface area (Å²) in [7, 11) is 1.40. The Balaban J connectivity index is 4.93. The summed E-state index contributed by atoms with van der Waals surface area (Å²) >= 11 is 0. The molecule has 0 fully saturated rings. The molecule has 0 aromatic carbocycles. The third kappa shape index (κ3) is 2.70. The van der Waals surface area contributed by atoms with Crippen LogP contribution in [0.3, 0.4) is 0 Å². The zero-order chi connectivity index (χ0) is 11.4. The summed E-state index contributed by atoms with van der Waals surface area (Å²) in [6.45, 7) is 4.70. The van der Waals surface area contributed by atoms with Gasteiger partial charge in [-0.1, -0.05) is 13.8 Å². The number of rotatable bonds is 5. The molecule has 1 amide bonds. The van der Waals surface area contributed by atoms with Gasteiger partial charge in [0.25, 0.3) is 0 Å². The monoisotopic (exact) mass is 203 g/mol. The van der Waals surface area contributed by atoms with Crippen LogP contribution in [0.5, 0.6) is 0 Å². The van der Waals surface area contributed by atoms with Crippen LogP contribution in [0, 0.1) is 5.92 Å². The topological polar surface area (TPSA) is 75.6 Å². The zero-order valence-corrected chi connectivity index (χ0v) is 8.96. The number of ether oxygens (including phenoxy) is 1. The maximum absolute atomic E-state index is 11.1. The molecule has 0 aromatic rings. The Morgan fingerprint density at radius 3 is 2.21 bits per heavy atom. The number of carbonyl (C=O) groups is 2. The molecule has 0 rings (SSSR count). The van der Waals surface area contributed by atoms with Crippen LogP contribution in [0.1, 0.15) is 20.8 Å². The maximum atomic E-state index is 11.1. The number of carboxylic acid groups (broad SMARTS) is 1. The van der Waals surface area contributed by atoms with Gasteiger partial charge in [-0.05, 0) is 5.92 Å². The van der Waals surface area contributed by atoms with Gasteiger partial charge in [-0.15, -0.1) is 0 Å². The largest absolute Gasteiger partial charge is 0.479 e. The molecule has 0 saturated carbocycles. The second-order valence-electron chi connectivity index (χ2n) is 3.55. The number of hydrogen-bond acceptors (Lipinski definition) is 3. The molecule has 0 bridgehead atoms. The highest BCUT2D eigenvalue weighted by molar-refractivity contribution is 5.86. The van der Waals surface area contributed by atoms with Gasteiger partial charge >= 0.3 is 5.97 Å². The van der Waals surface area contributed by atoms with Gasteiger partial charge in [0, 0.05) is 14.0 Å². The predicted octanol–water partition coefficient (Wildman–Crippen LogP) is 0.248. The van der Waals surface area contributed by atoms with Crippen molar-refractivity contribution in [2.45, 2.75) is 26.3 Å². The zero-order valence-electron chi connectivity index (χ0n) is 8.96. The summed E-state index contributed by atoms with van der Waals surface area (Å²) < 4.78 is 4.84. The second-order valence-corrected chi connectivity index (χ2v) is 3.55. The molecule has 14 heavy (non-hydrogen) atoms. The molecule has 0 radical (unpaired) electrons. The highest BCUT2D eigenvalue weighted by Gasteiger charge is 2.42. The predicted molar refractivity (Wildman–Crippen MR) is 50.9 cm³/mol. The van der Waals surface area contributed by atoms with Crippen molar-refractivity contribution in [1.29, 1.82) is 0 Å². The lowest BCUT2D eigenvalue weighted by Gasteiger charge is -2.33. The first-order valence-electron chi connectivity index (χ1n) is 4.38. The number of nitrogens with one attached hydrogen (secondary N) is 1. The molecule has 1 atom stereocenters. The van der Waals surface area contributed by atoms with Crippen molar-refractivity contribution in [3.63, 3.8) is 0 Å². The van der Waals surface area contributed by atoms with Crippen molar-refractivity contribution in [3.05, 3.63) is 0 Å². The van der Waals surface area contributed by atoms with E-state index >= 15 is 0 Å². The summed E-state index contributed by atoms with van der Waals surface area (Å²) in [6.07, 6.45) is 0. The molecule has 0 aromatic heterocycles. The lowest BCUT2D eigenvalue weighted by atomic mass is 9.87. The minimum absolute atomic E-state index is 0.0421. The van der Waals surface area contributed by atoms with Crippen LogP contribution in [-0.4, -0.2) is 36.2 Å². The van der Waals surface area contributed by atoms with Crippen molar-refractivity contribution in [3.8, 4) is 0 Å². The van der Waals surface area contributed by atoms with E-state index in [0.29, 0.717) is 0 Å². The van der Waals surface area contributed by atoms with Crippen LogP contribution < -0.4 is 5.32 Å². The van der Waals surface area contributed by atoms with Crippen LogP contribution in [0.25, 0.3) is 0 Å². The SMILES string of the molecule is COCC(NC(C)=O)(C(=O)O)C(C)C. The van der Waals surface area contributed by atoms with Gasteiger partial charge < -0.3 is 15.2 Å². The van der Waals surface area contributed by atoms with E-state index in [1.165, 1.54) is 14.0 Å². The van der Waals surface area contributed by atoms with Crippen molar-refractivity contribution in [1.82, 2.24) is 5.32 Å². The van der Waals surface area contributed by atoms with Gasteiger partial charge in [0.2, 0.25) is 5.91 Å². The molecular formula is C9H17NO4. The fourth-order valence-corrected chi connectivity index (χ4v) is 1.25. The van der Waals surface area contributed by atoms with Gasteiger partial charge in [-0.3, -0.25) is 4.79 Å². The van der Waals surface area contributed by atoms with E-state index in [0.717, 1.165) is 0 Å². The molecule has 0 saturated heterocycles. The Labute approximate surface area is 83.4 Å². The quantitative estimate of drug-likeness (QED) is 0.671. The number of carbonyl (C=O) groups excluding carboxylic acids is 1. The summed E-state index contributed by atoms with van der Waals surface area (Å²) in [5, 5.41) is 11.5. The average molecular weight is 203 g/mol. The molecule has 1 unspecified atom stereocenters. The minimum atomic E-state index is -1.33. The number of carboxylic acids is 1. The molecule has 0 aliphatic rings. The second kappa shape index (κ2) is 4.95. The molecule has 0 spiro atoms. The van der Waals surface area contributed by atoms with Gasteiger partial charge in [0.05, 0.1) is 6.61 Å². The van der Waals surface area contributed by atoms with Gasteiger partial charge in [0.1, 0.15) is 0 Å². The fourth-order valence-electron chi connectivity index (χ4n) is 1.25. The standard InChI is InChI=1S/C9H17NO4/c1-6(2)9(5-14-4,8(12)13)10-7(3)11/h6H,5H2,1-4H3,(H,10,11)(H,12,13). The Morgan fingerprint density at radius 1 is 1.50 bits per heavy atom. The van der Waals surface area contributed by atoms with E-state index < -0.39 is 11.5 Å². The van der Waals surface area contributed by atoms with Crippen LogP contribution in [-0.2, 0) is 14.3 Å². The van der Waals surface area contributed by atoms with Crippen molar-refractivity contribution < 1.29 is 19.4 Å². The molecule has 5 nitrogen and oxygen atoms in total. The molecule has 2 N–H and O–H groups in total. The van der Waals surface area contributed by atoms with Gasteiger partial charge in [0.15, 0.2) is 5.54 Å². The Bertz CT molecular complexity index is 227. The first kappa shape index (κ1) is 12.9. The van der Waals surface area contributed by atoms with Gasteiger partial charge in [-0.25, -0.2) is 4.79 Å². The molecule has 0 aliphatic heterocycles. The first-order valence-corrected chi connectivity index (χ1v) is 4.38. The van der Waals surface area contributed by atoms with E-state index in [4.69, 9.17) is 9.84 Å². The van der Waals surface area contributed by atoms with Gasteiger partial charge in [-0.2, -0.15) is 0 Å². The normalized spacial score (nSPS) is 14.9. The van der Waals surface area contributed by atoms with Crippen molar-refractivity contribution in [2.75, 3.05) is 13.7 Å². The smallest absolute Gasteiger partial charge is 0.332 e. The van der Waals surface area contributed by atoms with Crippen LogP contribution in [0.4, 0.5) is 0 Å². The lowest BCUT2D eigenvalue weighted by Crippen LogP contribution is -2.60. The van der Waals surface area contributed by atoms with E-state index in [-0.39, 0.29) is 18.4 Å². The summed E-state index contributed by atoms with van der Waals surface area (Å²) in [5.74, 6) is -1.70. The first-order chi connectivity index (χ1) is 6.36. The van der Waals surface area contributed by atoms with Crippen molar-refractivity contribution in [2.24, 2.45) is 5.92 Å². The number of methoxy groups -OCH3 is 1. The highest BCUT2D eigenvalue weighted by Crippen LogP contribution is 2.18. The highest BCUT2D eigenvalue weighted by atomic mass is 16.5. The summed E-state index contributed by atoms with van der Waals surface area (Å²) in [4.78, 5) is 22.0. The summed E-state index contributed by atoms with van der Waals surface area (Å²) in [5.41, 5.74) is -1.33. The Hall–Kier alpha value is -1.10. The van der Waals surface area contributed by atoms with Crippen LogP contribution in [0.2, 0.25) is 0 Å². The van der Waals surface area contributed by atoms with Crippen LogP contribution >= 0.6 is 0 Å². The Kier molecular flexibility index (Phi) is 4.56. The average Bonchev–Trinajstić information content (AvgIpc) is 2.01. The number of amides is 1. The van der Waals surface area contributed by atoms with E-state index in [2.05, 4.69) is 5.32 Å². The Morgan fingerprint density at radius 2 is 2.00 bits per heavy atom. The molecule has 0 aliphatic carbocycles. The van der Waals surface area contributed by atoms with Crippen molar-refractivity contribution >= 4 is 11.9 Å². The van der Waals surface area contributed by atoms with E-state index in [1.807, 2.05) is 0 Å². The minimum Gasteiger partial charge on any atom is -0.479 e. The van der Waals surface area contributed by atoms with E-state index in [9.17, 15) is 9.59 Å². The third-order valence-corrected chi connectivity index (χ3v) is 2.14. The third-order valence-electron chi connectivity index (χ3n) is 2.14. The summed E-state index contributed by atoms with van der Waals surface area (Å²) in [6, 6.07) is 0. The molecule has 5 heteroatoms. The lowest BCUT2D eigenvalue weighted by molar-refractivity contribution is -0.152. The maximum Gasteiger partial charge on any atom is 0.332 e. The fraction of sp³-hybridized carbons (Fsp3) is 0.778. The van der Waals surface area contributed by atoms with Crippen LogP contribution in [0.15, 0.2) is 0 Å². The van der Waals surface area contributed by atoms with E-state index in [1.54, 1.807) is 13.8 Å². The molecule has 0 heterocycles. The molecule has 82 valence electrons. The molecular weight excluding hydrogens is 186 g/mol. The number of hydrogen-bond donors (Lipinski definition) is 2. The number of aliphatic carboxylic acids is 1.